The van der Waals surface area contributed by atoms with Crippen LogP contribution in [-0.2, 0) is 6.54 Å². The number of hydrogen-bond acceptors (Lipinski definition) is 3. The van der Waals surface area contributed by atoms with Crippen molar-refractivity contribution in [3.8, 4) is 5.69 Å². The third-order valence-electron chi connectivity index (χ3n) is 6.25. The van der Waals surface area contributed by atoms with Crippen LogP contribution < -0.4 is 0 Å². The summed E-state index contributed by atoms with van der Waals surface area (Å²) in [5.41, 5.74) is 6.68. The quantitative estimate of drug-likeness (QED) is 0.204. The van der Waals surface area contributed by atoms with E-state index in [0.717, 1.165) is 40.2 Å². The maximum atomic E-state index is 6.59. The Morgan fingerprint density at radius 1 is 0.882 bits per heavy atom. The van der Waals surface area contributed by atoms with Crippen molar-refractivity contribution in [1.29, 1.82) is 0 Å². The van der Waals surface area contributed by atoms with Gasteiger partial charge >= 0.3 is 0 Å². The van der Waals surface area contributed by atoms with E-state index in [2.05, 4.69) is 58.0 Å². The van der Waals surface area contributed by atoms with Gasteiger partial charge in [-0.15, -0.1) is 0 Å². The molecule has 3 aromatic heterocycles. The Bertz CT molecular complexity index is 1710. The van der Waals surface area contributed by atoms with Crippen LogP contribution >= 0.6 is 11.6 Å². The fourth-order valence-corrected chi connectivity index (χ4v) is 4.81. The lowest BCUT2D eigenvalue weighted by Crippen LogP contribution is -1.98. The van der Waals surface area contributed by atoms with E-state index in [1.54, 1.807) is 6.21 Å². The van der Waals surface area contributed by atoms with E-state index in [0.29, 0.717) is 5.15 Å². The highest BCUT2D eigenvalue weighted by atomic mass is 35.5. The molecule has 0 bridgehead atoms. The number of aliphatic imine (C=N–C) groups is 1. The number of aromatic nitrogens is 4. The third kappa shape index (κ3) is 3.28. The summed E-state index contributed by atoms with van der Waals surface area (Å²) < 4.78 is 4.16. The van der Waals surface area contributed by atoms with Crippen LogP contribution in [0.2, 0.25) is 5.15 Å². The molecule has 34 heavy (non-hydrogen) atoms. The normalized spacial score (nSPS) is 12.0. The van der Waals surface area contributed by atoms with E-state index < -0.39 is 0 Å². The minimum Gasteiger partial charge on any atom is -0.341 e. The Kier molecular flexibility index (Phi) is 4.93. The van der Waals surface area contributed by atoms with E-state index in [9.17, 15) is 0 Å². The van der Waals surface area contributed by atoms with Crippen LogP contribution in [0.15, 0.2) is 83.9 Å². The van der Waals surface area contributed by atoms with Crippen molar-refractivity contribution in [3.63, 3.8) is 0 Å². The average Bonchev–Trinajstić information content (AvgIpc) is 3.36. The minimum absolute atomic E-state index is 0.400. The van der Waals surface area contributed by atoms with Gasteiger partial charge in [-0.2, -0.15) is 5.10 Å². The molecular weight excluding hydrogens is 442 g/mol. The van der Waals surface area contributed by atoms with Gasteiger partial charge in [0.25, 0.3) is 0 Å². The van der Waals surface area contributed by atoms with Gasteiger partial charge in [0.15, 0.2) is 5.65 Å². The second kappa shape index (κ2) is 8.12. The summed E-state index contributed by atoms with van der Waals surface area (Å²) in [7, 11) is 0. The van der Waals surface area contributed by atoms with Crippen LogP contribution in [0.3, 0.4) is 0 Å². The molecule has 0 spiro atoms. The second-order valence-corrected chi connectivity index (χ2v) is 8.65. The number of halogens is 1. The van der Waals surface area contributed by atoms with Crippen LogP contribution in [0.4, 0.5) is 5.69 Å². The first-order valence-electron chi connectivity index (χ1n) is 11.3. The molecule has 0 saturated heterocycles. The largest absolute Gasteiger partial charge is 0.341 e. The molecule has 0 fully saturated rings. The molecule has 6 aromatic rings. The number of para-hydroxylation sites is 2. The Morgan fingerprint density at radius 3 is 2.47 bits per heavy atom. The number of hydrogen-bond donors (Lipinski definition) is 0. The number of rotatable bonds is 4. The van der Waals surface area contributed by atoms with Crippen LogP contribution in [-0.4, -0.2) is 25.5 Å². The lowest BCUT2D eigenvalue weighted by atomic mass is 10.1. The van der Waals surface area contributed by atoms with Crippen molar-refractivity contribution >= 4 is 56.3 Å². The molecule has 3 heterocycles. The van der Waals surface area contributed by atoms with E-state index in [1.165, 1.54) is 21.8 Å². The summed E-state index contributed by atoms with van der Waals surface area (Å²) in [6, 6.07) is 26.8. The summed E-state index contributed by atoms with van der Waals surface area (Å²) >= 11 is 6.59. The van der Waals surface area contributed by atoms with E-state index in [4.69, 9.17) is 16.6 Å². The van der Waals surface area contributed by atoms with Gasteiger partial charge in [0.1, 0.15) is 5.15 Å². The van der Waals surface area contributed by atoms with E-state index in [1.807, 2.05) is 54.1 Å². The zero-order valence-corrected chi connectivity index (χ0v) is 19.7. The standard InChI is InChI=1S/C28H22ClN5/c1-3-33-25-12-8-7-11-22(25)24-16-20(13-14-26(24)33)30-17-19-15-23-18(2)32-34(28(23)31-27(19)29)21-9-5-4-6-10-21/h4-17H,3H2,1-2H3. The predicted molar refractivity (Wildman–Crippen MR) is 141 cm³/mol. The van der Waals surface area contributed by atoms with Crippen molar-refractivity contribution in [2.24, 2.45) is 4.99 Å². The highest BCUT2D eigenvalue weighted by Gasteiger charge is 2.14. The molecule has 0 radical (unpaired) electrons. The zero-order valence-electron chi connectivity index (χ0n) is 18.9. The summed E-state index contributed by atoms with van der Waals surface area (Å²) in [6.45, 7) is 5.07. The van der Waals surface area contributed by atoms with Gasteiger partial charge in [-0.1, -0.05) is 48.0 Å². The number of aryl methyl sites for hydroxylation is 2. The average molecular weight is 464 g/mol. The number of fused-ring (bicyclic) bond motifs is 4. The minimum atomic E-state index is 0.400. The Morgan fingerprint density at radius 2 is 1.65 bits per heavy atom. The molecule has 5 nitrogen and oxygen atoms in total. The van der Waals surface area contributed by atoms with Gasteiger partial charge in [0.05, 0.1) is 17.1 Å². The summed E-state index contributed by atoms with van der Waals surface area (Å²) in [5, 5.41) is 8.48. The zero-order chi connectivity index (χ0) is 23.2. The molecule has 6 rings (SSSR count). The van der Waals surface area contributed by atoms with Gasteiger partial charge in [-0.3, -0.25) is 4.99 Å². The maximum Gasteiger partial charge on any atom is 0.164 e. The predicted octanol–water partition coefficient (Wildman–Crippen LogP) is 7.26. The number of pyridine rings is 1. The molecule has 0 N–H and O–H groups in total. The highest BCUT2D eigenvalue weighted by molar-refractivity contribution is 6.32. The molecule has 0 aliphatic heterocycles. The Labute approximate surface area is 201 Å². The summed E-state index contributed by atoms with van der Waals surface area (Å²) in [6.07, 6.45) is 1.79. The summed E-state index contributed by atoms with van der Waals surface area (Å²) in [4.78, 5) is 9.41. The number of nitrogens with zero attached hydrogens (tertiary/aromatic N) is 5. The van der Waals surface area contributed by atoms with Gasteiger partial charge < -0.3 is 4.57 Å². The van der Waals surface area contributed by atoms with E-state index >= 15 is 0 Å². The van der Waals surface area contributed by atoms with Crippen molar-refractivity contribution in [3.05, 3.63) is 95.3 Å². The molecule has 0 aliphatic carbocycles. The molecule has 6 heteroatoms. The van der Waals surface area contributed by atoms with Gasteiger partial charge in [-0.25, -0.2) is 9.67 Å². The molecule has 166 valence electrons. The fourth-order valence-electron chi connectivity index (χ4n) is 4.62. The lowest BCUT2D eigenvalue weighted by Gasteiger charge is -2.04. The fraction of sp³-hybridized carbons (Fsp3) is 0.107. The Hall–Kier alpha value is -3.96. The highest BCUT2D eigenvalue weighted by Crippen LogP contribution is 2.32. The maximum absolute atomic E-state index is 6.59. The van der Waals surface area contributed by atoms with Crippen LogP contribution in [0.1, 0.15) is 18.2 Å². The third-order valence-corrected chi connectivity index (χ3v) is 6.55. The molecule has 3 aromatic carbocycles. The molecular formula is C28H22ClN5. The van der Waals surface area contributed by atoms with Gasteiger partial charge in [-0.05, 0) is 56.3 Å². The molecule has 0 saturated carbocycles. The van der Waals surface area contributed by atoms with Crippen molar-refractivity contribution < 1.29 is 0 Å². The van der Waals surface area contributed by atoms with Crippen LogP contribution in [0.5, 0.6) is 0 Å². The first-order valence-corrected chi connectivity index (χ1v) is 11.7. The topological polar surface area (TPSA) is 48.0 Å². The van der Waals surface area contributed by atoms with Crippen molar-refractivity contribution in [1.82, 2.24) is 19.3 Å². The molecule has 0 amide bonds. The monoisotopic (exact) mass is 463 g/mol. The molecule has 0 atom stereocenters. The number of benzene rings is 3. The smallest absolute Gasteiger partial charge is 0.164 e. The first kappa shape index (κ1) is 20.6. The van der Waals surface area contributed by atoms with Gasteiger partial charge in [0, 0.05) is 45.5 Å². The van der Waals surface area contributed by atoms with Crippen LogP contribution in [0.25, 0.3) is 38.5 Å². The summed E-state index contributed by atoms with van der Waals surface area (Å²) in [5.74, 6) is 0. The van der Waals surface area contributed by atoms with Crippen molar-refractivity contribution in [2.45, 2.75) is 20.4 Å². The van der Waals surface area contributed by atoms with Crippen molar-refractivity contribution in [2.75, 3.05) is 0 Å². The van der Waals surface area contributed by atoms with Gasteiger partial charge in [0.2, 0.25) is 0 Å². The lowest BCUT2D eigenvalue weighted by molar-refractivity contribution is 0.827. The van der Waals surface area contributed by atoms with E-state index in [-0.39, 0.29) is 0 Å². The SMILES string of the molecule is CCn1c2ccccc2c2cc(N=Cc3cc4c(C)nn(-c5ccccc5)c4nc3Cl)ccc21. The molecule has 0 aliphatic rings. The molecule has 0 unspecified atom stereocenters. The second-order valence-electron chi connectivity index (χ2n) is 8.29. The Balaban J connectivity index is 1.42. The first-order chi connectivity index (χ1) is 16.6. The van der Waals surface area contributed by atoms with Crippen LogP contribution in [0, 0.1) is 6.92 Å².